The van der Waals surface area contributed by atoms with Gasteiger partial charge in [0.2, 0.25) is 0 Å². The van der Waals surface area contributed by atoms with E-state index in [2.05, 4.69) is 61.8 Å². The maximum Gasteiger partial charge on any atom is 0.264 e. The van der Waals surface area contributed by atoms with E-state index in [4.69, 9.17) is 5.41 Å². The van der Waals surface area contributed by atoms with E-state index in [9.17, 15) is 4.79 Å². The molecule has 2 aromatic rings. The van der Waals surface area contributed by atoms with Gasteiger partial charge in [-0.1, -0.05) is 6.07 Å². The van der Waals surface area contributed by atoms with Gasteiger partial charge in [-0.25, -0.2) is 0 Å². The Hall–Kier alpha value is -2.27. The number of nitrogens with zero attached hydrogens (tertiary/aromatic N) is 1. The van der Waals surface area contributed by atoms with Crippen molar-refractivity contribution in [2.75, 3.05) is 0 Å². The van der Waals surface area contributed by atoms with Crippen LogP contribution in [0, 0.1) is 33.1 Å². The number of rotatable bonds is 2. The number of carbonyl (C=O) groups is 1. The van der Waals surface area contributed by atoms with Gasteiger partial charge < -0.3 is 9.88 Å². The number of thioether (sulfide) groups is 1. The van der Waals surface area contributed by atoms with Crippen LogP contribution in [0.5, 0.6) is 0 Å². The van der Waals surface area contributed by atoms with Gasteiger partial charge >= 0.3 is 0 Å². The van der Waals surface area contributed by atoms with Gasteiger partial charge in [-0.3, -0.25) is 10.2 Å². The van der Waals surface area contributed by atoms with Crippen molar-refractivity contribution >= 4 is 28.9 Å². The van der Waals surface area contributed by atoms with Crippen molar-refractivity contribution in [3.63, 3.8) is 0 Å². The summed E-state index contributed by atoms with van der Waals surface area (Å²) in [7, 11) is 0. The van der Waals surface area contributed by atoms with Crippen molar-refractivity contribution in [1.82, 2.24) is 9.88 Å². The highest BCUT2D eigenvalue weighted by atomic mass is 32.2. The van der Waals surface area contributed by atoms with Gasteiger partial charge in [0.1, 0.15) is 0 Å². The Morgan fingerprint density at radius 3 is 2.48 bits per heavy atom. The van der Waals surface area contributed by atoms with Crippen LogP contribution in [0.25, 0.3) is 11.8 Å². The summed E-state index contributed by atoms with van der Waals surface area (Å²) in [6, 6.07) is 8.50. The fraction of sp³-hybridized carbons (Fsp3) is 0.222. The summed E-state index contributed by atoms with van der Waals surface area (Å²) in [5.41, 5.74) is 6.88. The van der Waals surface area contributed by atoms with Crippen LogP contribution in [0.2, 0.25) is 0 Å². The van der Waals surface area contributed by atoms with Crippen LogP contribution in [0.4, 0.5) is 0 Å². The predicted molar refractivity (Wildman–Crippen MR) is 96.2 cm³/mol. The molecular formula is C18H19N3OS. The lowest BCUT2D eigenvalue weighted by molar-refractivity contribution is -0.115. The maximum absolute atomic E-state index is 11.8. The van der Waals surface area contributed by atoms with Gasteiger partial charge in [0.05, 0.1) is 4.91 Å². The Bertz CT molecular complexity index is 861. The third-order valence-corrected chi connectivity index (χ3v) is 5.00. The number of aromatic nitrogens is 1. The van der Waals surface area contributed by atoms with Gasteiger partial charge in [-0.2, -0.15) is 0 Å². The largest absolute Gasteiger partial charge is 0.318 e. The summed E-state index contributed by atoms with van der Waals surface area (Å²) < 4.78 is 2.20. The number of amides is 1. The average Bonchev–Trinajstić information content (AvgIpc) is 2.93. The molecule has 1 aromatic carbocycles. The van der Waals surface area contributed by atoms with Gasteiger partial charge in [0, 0.05) is 17.1 Å². The zero-order valence-corrected chi connectivity index (χ0v) is 14.5. The number of amidine groups is 1. The summed E-state index contributed by atoms with van der Waals surface area (Å²) in [5, 5.41) is 10.2. The molecule has 1 aromatic heterocycles. The van der Waals surface area contributed by atoms with E-state index < -0.39 is 0 Å². The van der Waals surface area contributed by atoms with Crippen LogP contribution in [-0.2, 0) is 4.79 Å². The highest BCUT2D eigenvalue weighted by Crippen LogP contribution is 2.29. The maximum atomic E-state index is 11.8. The monoisotopic (exact) mass is 325 g/mol. The summed E-state index contributed by atoms with van der Waals surface area (Å²) in [5.74, 6) is -0.198. The molecule has 1 saturated heterocycles. The standard InChI is InChI=1S/C18H19N3OS/c1-10-5-6-15(7-11(10)2)21-12(3)8-14(13(21)4)9-16-17(22)20-18(19)23-16/h5-9H,1-4H3,(H2,19,20,22). The molecule has 2 heterocycles. The highest BCUT2D eigenvalue weighted by molar-refractivity contribution is 8.18. The van der Waals surface area contributed by atoms with Crippen LogP contribution in [0.1, 0.15) is 28.1 Å². The van der Waals surface area contributed by atoms with Gasteiger partial charge in [0.25, 0.3) is 5.91 Å². The van der Waals surface area contributed by atoms with Gasteiger partial charge in [-0.05, 0) is 80.4 Å². The Labute approximate surface area is 140 Å². The van der Waals surface area contributed by atoms with E-state index in [0.717, 1.165) is 22.6 Å². The van der Waals surface area contributed by atoms with E-state index in [1.54, 1.807) is 0 Å². The van der Waals surface area contributed by atoms with E-state index >= 15 is 0 Å². The molecule has 23 heavy (non-hydrogen) atoms. The van der Waals surface area contributed by atoms with Crippen molar-refractivity contribution in [1.29, 1.82) is 5.41 Å². The molecule has 0 atom stereocenters. The lowest BCUT2D eigenvalue weighted by Gasteiger charge is -2.11. The molecule has 1 aliphatic rings. The van der Waals surface area contributed by atoms with Crippen molar-refractivity contribution in [2.24, 2.45) is 0 Å². The van der Waals surface area contributed by atoms with Crippen LogP contribution in [-0.4, -0.2) is 15.6 Å². The SMILES string of the molecule is Cc1ccc(-n2c(C)cc(C=C3SC(=N)NC3=O)c2C)cc1C. The normalized spacial score (nSPS) is 16.3. The zero-order valence-electron chi connectivity index (χ0n) is 13.7. The Kier molecular flexibility index (Phi) is 3.90. The molecule has 0 spiro atoms. The number of nitrogens with one attached hydrogen (secondary N) is 2. The summed E-state index contributed by atoms with van der Waals surface area (Å²) in [6.45, 7) is 8.34. The van der Waals surface area contributed by atoms with Crippen LogP contribution >= 0.6 is 11.8 Å². The second kappa shape index (κ2) is 5.74. The molecule has 0 saturated carbocycles. The average molecular weight is 325 g/mol. The molecule has 5 heteroatoms. The Morgan fingerprint density at radius 1 is 1.13 bits per heavy atom. The summed E-state index contributed by atoms with van der Waals surface area (Å²) in [4.78, 5) is 12.4. The predicted octanol–water partition coefficient (Wildman–Crippen LogP) is 3.85. The lowest BCUT2D eigenvalue weighted by atomic mass is 10.1. The second-order valence-electron chi connectivity index (χ2n) is 5.82. The fourth-order valence-electron chi connectivity index (χ4n) is 2.78. The molecular weight excluding hydrogens is 306 g/mol. The number of aryl methyl sites for hydroxylation is 3. The Morgan fingerprint density at radius 2 is 1.87 bits per heavy atom. The molecule has 118 valence electrons. The lowest BCUT2D eigenvalue weighted by Crippen LogP contribution is -2.18. The quantitative estimate of drug-likeness (QED) is 0.824. The van der Waals surface area contributed by atoms with E-state index in [1.165, 1.54) is 22.9 Å². The first-order valence-corrected chi connectivity index (χ1v) is 8.24. The Balaban J connectivity index is 2.06. The second-order valence-corrected chi connectivity index (χ2v) is 6.88. The third kappa shape index (κ3) is 2.84. The number of benzene rings is 1. The minimum absolute atomic E-state index is 0.184. The third-order valence-electron chi connectivity index (χ3n) is 4.17. The smallest absolute Gasteiger partial charge is 0.264 e. The summed E-state index contributed by atoms with van der Waals surface area (Å²) >= 11 is 1.17. The van der Waals surface area contributed by atoms with Crippen LogP contribution in [0.15, 0.2) is 29.2 Å². The van der Waals surface area contributed by atoms with E-state index in [0.29, 0.717) is 4.91 Å². The van der Waals surface area contributed by atoms with E-state index in [1.807, 2.05) is 6.08 Å². The first kappa shape index (κ1) is 15.6. The summed E-state index contributed by atoms with van der Waals surface area (Å²) in [6.07, 6.45) is 1.86. The topological polar surface area (TPSA) is 57.9 Å². The first-order valence-electron chi connectivity index (χ1n) is 7.43. The molecule has 1 amide bonds. The van der Waals surface area contributed by atoms with Crippen LogP contribution in [0.3, 0.4) is 0 Å². The number of carbonyl (C=O) groups excluding carboxylic acids is 1. The van der Waals surface area contributed by atoms with Gasteiger partial charge in [-0.15, -0.1) is 0 Å². The molecule has 4 nitrogen and oxygen atoms in total. The molecule has 0 unspecified atom stereocenters. The van der Waals surface area contributed by atoms with Crippen LogP contribution < -0.4 is 5.32 Å². The number of hydrogen-bond acceptors (Lipinski definition) is 3. The highest BCUT2D eigenvalue weighted by Gasteiger charge is 2.23. The molecule has 1 aliphatic heterocycles. The van der Waals surface area contributed by atoms with Crippen molar-refractivity contribution < 1.29 is 4.79 Å². The van der Waals surface area contributed by atoms with Gasteiger partial charge in [0.15, 0.2) is 5.17 Å². The molecule has 0 radical (unpaired) electrons. The van der Waals surface area contributed by atoms with Crippen molar-refractivity contribution in [3.8, 4) is 5.69 Å². The minimum Gasteiger partial charge on any atom is -0.318 e. The number of hydrogen-bond donors (Lipinski definition) is 2. The van der Waals surface area contributed by atoms with Crippen molar-refractivity contribution in [2.45, 2.75) is 27.7 Å². The minimum atomic E-state index is -0.198. The van der Waals surface area contributed by atoms with Crippen molar-refractivity contribution in [3.05, 3.63) is 57.2 Å². The zero-order chi connectivity index (χ0) is 16.7. The molecule has 1 fully saturated rings. The molecule has 2 N–H and O–H groups in total. The van der Waals surface area contributed by atoms with E-state index in [-0.39, 0.29) is 11.1 Å². The fourth-order valence-corrected chi connectivity index (χ4v) is 3.47. The molecule has 0 aliphatic carbocycles. The molecule has 0 bridgehead atoms. The first-order chi connectivity index (χ1) is 10.9. The molecule has 3 rings (SSSR count).